The van der Waals surface area contributed by atoms with E-state index in [9.17, 15) is 5.11 Å². The molecule has 3 heteroatoms. The number of rotatable bonds is 2. The lowest BCUT2D eigenvalue weighted by atomic mass is 9.76. The Hall–Kier alpha value is -0.510. The Morgan fingerprint density at radius 3 is 2.69 bits per heavy atom. The summed E-state index contributed by atoms with van der Waals surface area (Å²) in [6.07, 6.45) is 5.32. The molecule has 0 amide bonds. The van der Waals surface area contributed by atoms with Crippen LogP contribution in [0, 0.1) is 0 Å². The number of thioether (sulfide) groups is 1. The van der Waals surface area contributed by atoms with Crippen LogP contribution in [-0.2, 0) is 5.54 Å². The van der Waals surface area contributed by atoms with Gasteiger partial charge >= 0.3 is 0 Å². The minimum absolute atomic E-state index is 0.152. The molecule has 0 saturated heterocycles. The molecular formula is C13H19NOS. The summed E-state index contributed by atoms with van der Waals surface area (Å²) < 4.78 is 0. The van der Waals surface area contributed by atoms with Gasteiger partial charge in [0.05, 0.1) is 6.10 Å². The molecule has 0 radical (unpaired) electrons. The van der Waals surface area contributed by atoms with Gasteiger partial charge in [0.25, 0.3) is 0 Å². The Balaban J connectivity index is 2.21. The molecule has 0 heterocycles. The molecular weight excluding hydrogens is 218 g/mol. The lowest BCUT2D eigenvalue weighted by Gasteiger charge is -2.36. The minimum Gasteiger partial charge on any atom is -0.393 e. The van der Waals surface area contributed by atoms with Crippen LogP contribution < -0.4 is 5.73 Å². The largest absolute Gasteiger partial charge is 0.393 e. The molecule has 0 spiro atoms. The van der Waals surface area contributed by atoms with Crippen molar-refractivity contribution >= 4 is 11.8 Å². The highest BCUT2D eigenvalue weighted by Crippen LogP contribution is 2.35. The van der Waals surface area contributed by atoms with Crippen LogP contribution in [0.3, 0.4) is 0 Å². The van der Waals surface area contributed by atoms with Gasteiger partial charge in [0, 0.05) is 10.4 Å². The zero-order valence-corrected chi connectivity index (χ0v) is 10.5. The molecule has 0 atom stereocenters. The van der Waals surface area contributed by atoms with Crippen molar-refractivity contribution in [2.75, 3.05) is 6.26 Å². The molecule has 0 aromatic heterocycles. The number of hydrogen-bond acceptors (Lipinski definition) is 3. The predicted molar refractivity (Wildman–Crippen MR) is 68.6 cm³/mol. The molecule has 2 nitrogen and oxygen atoms in total. The molecule has 0 aliphatic heterocycles. The highest BCUT2D eigenvalue weighted by Gasteiger charge is 2.32. The van der Waals surface area contributed by atoms with E-state index in [1.54, 1.807) is 11.8 Å². The van der Waals surface area contributed by atoms with Gasteiger partial charge in [-0.25, -0.2) is 0 Å². The fourth-order valence-corrected chi connectivity index (χ4v) is 2.80. The van der Waals surface area contributed by atoms with E-state index in [1.165, 1.54) is 10.5 Å². The summed E-state index contributed by atoms with van der Waals surface area (Å²) in [6.45, 7) is 0. The summed E-state index contributed by atoms with van der Waals surface area (Å²) in [6, 6.07) is 8.47. The molecule has 3 N–H and O–H groups in total. The van der Waals surface area contributed by atoms with Crippen molar-refractivity contribution in [2.24, 2.45) is 5.73 Å². The molecule has 16 heavy (non-hydrogen) atoms. The fourth-order valence-electron chi connectivity index (χ4n) is 2.34. The summed E-state index contributed by atoms with van der Waals surface area (Å²) in [4.78, 5) is 1.26. The first-order valence-corrected chi connectivity index (χ1v) is 6.98. The van der Waals surface area contributed by atoms with E-state index >= 15 is 0 Å². The summed E-state index contributed by atoms with van der Waals surface area (Å²) >= 11 is 1.74. The smallest absolute Gasteiger partial charge is 0.0541 e. The zero-order chi connectivity index (χ0) is 11.6. The monoisotopic (exact) mass is 237 g/mol. The normalized spacial score (nSPS) is 30.3. The Bertz CT molecular complexity index is 359. The third kappa shape index (κ3) is 2.42. The third-order valence-electron chi connectivity index (χ3n) is 3.49. The number of benzene rings is 1. The maximum absolute atomic E-state index is 9.53. The van der Waals surface area contributed by atoms with Crippen molar-refractivity contribution in [1.29, 1.82) is 0 Å². The molecule has 1 saturated carbocycles. The Labute approximate surface area is 101 Å². The third-order valence-corrected chi connectivity index (χ3v) is 4.22. The second-order valence-corrected chi connectivity index (χ2v) is 5.50. The van der Waals surface area contributed by atoms with Crippen LogP contribution in [0.15, 0.2) is 29.2 Å². The molecule has 1 aliphatic rings. The highest BCUT2D eigenvalue weighted by molar-refractivity contribution is 7.98. The predicted octanol–water partition coefficient (Wildman–Crippen LogP) is 2.50. The molecule has 88 valence electrons. The van der Waals surface area contributed by atoms with Crippen molar-refractivity contribution < 1.29 is 5.11 Å². The number of nitrogens with two attached hydrogens (primary N) is 1. The first-order chi connectivity index (χ1) is 7.64. The van der Waals surface area contributed by atoms with E-state index in [0.29, 0.717) is 0 Å². The maximum Gasteiger partial charge on any atom is 0.0541 e. The molecule has 0 unspecified atom stereocenters. The van der Waals surface area contributed by atoms with E-state index in [2.05, 4.69) is 30.5 Å². The summed E-state index contributed by atoms with van der Waals surface area (Å²) in [7, 11) is 0. The van der Waals surface area contributed by atoms with E-state index < -0.39 is 0 Å². The van der Waals surface area contributed by atoms with Crippen LogP contribution in [0.5, 0.6) is 0 Å². The van der Waals surface area contributed by atoms with E-state index in [0.717, 1.165) is 25.7 Å². The van der Waals surface area contributed by atoms with Crippen LogP contribution in [0.25, 0.3) is 0 Å². The molecule has 1 fully saturated rings. The highest BCUT2D eigenvalue weighted by atomic mass is 32.2. The first kappa shape index (κ1) is 12.0. The first-order valence-electron chi connectivity index (χ1n) is 5.75. The topological polar surface area (TPSA) is 46.2 Å². The van der Waals surface area contributed by atoms with Gasteiger partial charge in [-0.2, -0.15) is 0 Å². The van der Waals surface area contributed by atoms with E-state index in [-0.39, 0.29) is 11.6 Å². The fraction of sp³-hybridized carbons (Fsp3) is 0.538. The van der Waals surface area contributed by atoms with Gasteiger partial charge in [0.1, 0.15) is 0 Å². The minimum atomic E-state index is -0.231. The van der Waals surface area contributed by atoms with Gasteiger partial charge in [-0.15, -0.1) is 11.8 Å². The van der Waals surface area contributed by atoms with Crippen molar-refractivity contribution in [1.82, 2.24) is 0 Å². The summed E-state index contributed by atoms with van der Waals surface area (Å²) in [5.74, 6) is 0. The number of aliphatic hydroxyl groups is 1. The van der Waals surface area contributed by atoms with Gasteiger partial charge in [-0.3, -0.25) is 0 Å². The number of hydrogen-bond donors (Lipinski definition) is 2. The number of aliphatic hydroxyl groups excluding tert-OH is 1. The zero-order valence-electron chi connectivity index (χ0n) is 9.65. The van der Waals surface area contributed by atoms with Crippen LogP contribution in [0.4, 0.5) is 0 Å². The standard InChI is InChI=1S/C13H19NOS/c1-16-12-4-2-3-10(9-12)13(14)7-5-11(15)6-8-13/h2-4,9,11,15H,5-8,14H2,1H3. The van der Waals surface area contributed by atoms with Gasteiger partial charge in [0.2, 0.25) is 0 Å². The summed E-state index contributed by atoms with van der Waals surface area (Å²) in [5.41, 5.74) is 7.43. The van der Waals surface area contributed by atoms with Gasteiger partial charge in [-0.1, -0.05) is 12.1 Å². The molecule has 1 aromatic carbocycles. The van der Waals surface area contributed by atoms with Crippen molar-refractivity contribution in [3.63, 3.8) is 0 Å². The second kappa shape index (κ2) is 4.78. The molecule has 0 bridgehead atoms. The van der Waals surface area contributed by atoms with Gasteiger partial charge < -0.3 is 10.8 Å². The molecule has 1 aliphatic carbocycles. The van der Waals surface area contributed by atoms with Crippen molar-refractivity contribution in [3.05, 3.63) is 29.8 Å². The van der Waals surface area contributed by atoms with Gasteiger partial charge in [-0.05, 0) is 49.6 Å². The molecule has 1 aromatic rings. The summed E-state index contributed by atoms with van der Waals surface area (Å²) in [5, 5.41) is 9.53. The lowest BCUT2D eigenvalue weighted by molar-refractivity contribution is 0.0968. The second-order valence-electron chi connectivity index (χ2n) is 4.62. The lowest BCUT2D eigenvalue weighted by Crippen LogP contribution is -2.41. The SMILES string of the molecule is CSc1cccc(C2(N)CCC(O)CC2)c1. The van der Waals surface area contributed by atoms with Gasteiger partial charge in [0.15, 0.2) is 0 Å². The average molecular weight is 237 g/mol. The Kier molecular flexibility index (Phi) is 3.57. The maximum atomic E-state index is 9.53. The van der Waals surface area contributed by atoms with E-state index in [1.807, 2.05) is 0 Å². The van der Waals surface area contributed by atoms with Crippen LogP contribution >= 0.6 is 11.8 Å². The quantitative estimate of drug-likeness (QED) is 0.777. The Morgan fingerprint density at radius 2 is 2.06 bits per heavy atom. The van der Waals surface area contributed by atoms with Crippen LogP contribution in [-0.4, -0.2) is 17.5 Å². The van der Waals surface area contributed by atoms with E-state index in [4.69, 9.17) is 5.73 Å². The van der Waals surface area contributed by atoms with Crippen LogP contribution in [0.1, 0.15) is 31.2 Å². The average Bonchev–Trinajstić information content (AvgIpc) is 2.33. The Morgan fingerprint density at radius 1 is 1.38 bits per heavy atom. The van der Waals surface area contributed by atoms with Crippen molar-refractivity contribution in [3.8, 4) is 0 Å². The van der Waals surface area contributed by atoms with Crippen LogP contribution in [0.2, 0.25) is 0 Å². The molecule has 2 rings (SSSR count). The van der Waals surface area contributed by atoms with Crippen molar-refractivity contribution in [2.45, 2.75) is 42.2 Å².